The number of amides is 1. The Hall–Kier alpha value is -1.62. The van der Waals surface area contributed by atoms with Crippen LogP contribution in [0.2, 0.25) is 10.0 Å². The molecular formula is C17H15Cl2FN2O. The Labute approximate surface area is 143 Å². The Morgan fingerprint density at radius 1 is 1.13 bits per heavy atom. The monoisotopic (exact) mass is 352 g/mol. The summed E-state index contributed by atoms with van der Waals surface area (Å²) in [5.74, 6) is -0.434. The van der Waals surface area contributed by atoms with Gasteiger partial charge in [0.05, 0.1) is 5.02 Å². The molecule has 1 amide bonds. The third kappa shape index (κ3) is 3.20. The molecule has 1 aliphatic heterocycles. The maximum Gasteiger partial charge on any atom is 0.211 e. The van der Waals surface area contributed by atoms with Crippen LogP contribution in [0.3, 0.4) is 0 Å². The fourth-order valence-corrected chi connectivity index (χ4v) is 3.53. The molecule has 23 heavy (non-hydrogen) atoms. The second-order valence-corrected chi connectivity index (χ2v) is 6.35. The minimum Gasteiger partial charge on any atom is -0.328 e. The molecule has 3 nitrogen and oxygen atoms in total. The van der Waals surface area contributed by atoms with Crippen molar-refractivity contribution in [3.8, 4) is 0 Å². The first kappa shape index (κ1) is 16.2. The van der Waals surface area contributed by atoms with Gasteiger partial charge in [-0.1, -0.05) is 41.4 Å². The summed E-state index contributed by atoms with van der Waals surface area (Å²) in [6.45, 7) is 1.33. The van der Waals surface area contributed by atoms with E-state index in [-0.39, 0.29) is 22.7 Å². The van der Waals surface area contributed by atoms with Crippen LogP contribution in [-0.2, 0) is 4.79 Å². The molecule has 0 radical (unpaired) electrons. The number of hydrogen-bond acceptors (Lipinski definition) is 2. The predicted molar refractivity (Wildman–Crippen MR) is 90.9 cm³/mol. The molecule has 6 heteroatoms. The first-order valence-electron chi connectivity index (χ1n) is 7.26. The molecule has 1 saturated heterocycles. The minimum absolute atomic E-state index is 0.0164. The van der Waals surface area contributed by atoms with Gasteiger partial charge in [0.2, 0.25) is 6.41 Å². The average molecular weight is 353 g/mol. The van der Waals surface area contributed by atoms with Crippen LogP contribution in [0.15, 0.2) is 36.4 Å². The smallest absolute Gasteiger partial charge is 0.211 e. The Bertz CT molecular complexity index is 739. The van der Waals surface area contributed by atoms with Gasteiger partial charge in [-0.2, -0.15) is 0 Å². The normalized spacial score (nSPS) is 20.5. The molecular weight excluding hydrogens is 338 g/mol. The fraction of sp³-hybridized carbons (Fsp3) is 0.235. The van der Waals surface area contributed by atoms with Gasteiger partial charge in [0, 0.05) is 35.6 Å². The Morgan fingerprint density at radius 3 is 2.61 bits per heavy atom. The van der Waals surface area contributed by atoms with Crippen LogP contribution >= 0.6 is 23.2 Å². The van der Waals surface area contributed by atoms with E-state index < -0.39 is 0 Å². The summed E-state index contributed by atoms with van der Waals surface area (Å²) in [6.07, 6.45) is 0.618. The molecule has 0 saturated carbocycles. The predicted octanol–water partition coefficient (Wildman–Crippen LogP) is 4.17. The summed E-state index contributed by atoms with van der Waals surface area (Å²) < 4.78 is 14.4. The van der Waals surface area contributed by atoms with Crippen molar-refractivity contribution in [3.63, 3.8) is 0 Å². The lowest BCUT2D eigenvalue weighted by Gasteiger charge is -2.22. The van der Waals surface area contributed by atoms with Crippen molar-refractivity contribution < 1.29 is 9.18 Å². The van der Waals surface area contributed by atoms with Gasteiger partial charge in [0.15, 0.2) is 0 Å². The number of nitrogens with one attached hydrogen (secondary N) is 2. The topological polar surface area (TPSA) is 41.1 Å². The summed E-state index contributed by atoms with van der Waals surface area (Å²) in [4.78, 5) is 10.9. The number of anilines is 1. The number of hydrogen-bond donors (Lipinski definition) is 2. The fourth-order valence-electron chi connectivity index (χ4n) is 3.18. The second-order valence-electron chi connectivity index (χ2n) is 5.51. The lowest BCUT2D eigenvalue weighted by Crippen LogP contribution is -2.13. The summed E-state index contributed by atoms with van der Waals surface area (Å²) in [7, 11) is 0. The molecule has 2 N–H and O–H groups in total. The molecule has 3 rings (SSSR count). The molecule has 0 unspecified atom stereocenters. The molecule has 0 spiro atoms. The lowest BCUT2D eigenvalue weighted by molar-refractivity contribution is -0.105. The van der Waals surface area contributed by atoms with Crippen LogP contribution in [-0.4, -0.2) is 19.5 Å². The first-order valence-corrected chi connectivity index (χ1v) is 8.01. The highest BCUT2D eigenvalue weighted by Gasteiger charge is 2.33. The first-order chi connectivity index (χ1) is 11.1. The van der Waals surface area contributed by atoms with E-state index >= 15 is 0 Å². The van der Waals surface area contributed by atoms with Crippen molar-refractivity contribution >= 4 is 35.3 Å². The van der Waals surface area contributed by atoms with Crippen LogP contribution in [0.1, 0.15) is 23.0 Å². The zero-order valence-electron chi connectivity index (χ0n) is 12.2. The van der Waals surface area contributed by atoms with Crippen LogP contribution in [0.5, 0.6) is 0 Å². The second kappa shape index (κ2) is 6.87. The average Bonchev–Trinajstić information content (AvgIpc) is 3.00. The van der Waals surface area contributed by atoms with Crippen molar-refractivity contribution in [2.24, 2.45) is 0 Å². The van der Waals surface area contributed by atoms with Gasteiger partial charge in [-0.3, -0.25) is 4.79 Å². The van der Waals surface area contributed by atoms with E-state index in [9.17, 15) is 9.18 Å². The lowest BCUT2D eigenvalue weighted by atomic mass is 9.83. The van der Waals surface area contributed by atoms with Crippen molar-refractivity contribution in [2.45, 2.75) is 11.8 Å². The number of halogens is 3. The SMILES string of the molecule is O=CNc1cc(Cl)ccc1[C@@H]1CNC[C@@H]1c1cccc(Cl)c1F. The Kier molecular flexibility index (Phi) is 4.85. The zero-order valence-corrected chi connectivity index (χ0v) is 13.7. The molecule has 0 bridgehead atoms. The molecule has 1 heterocycles. The number of rotatable bonds is 4. The Balaban J connectivity index is 2.02. The van der Waals surface area contributed by atoms with E-state index in [1.807, 2.05) is 6.07 Å². The Morgan fingerprint density at radius 2 is 1.87 bits per heavy atom. The zero-order chi connectivity index (χ0) is 16.4. The summed E-state index contributed by atoms with van der Waals surface area (Å²) >= 11 is 11.9. The molecule has 0 aliphatic carbocycles. The van der Waals surface area contributed by atoms with Gasteiger partial charge in [-0.05, 0) is 29.3 Å². The van der Waals surface area contributed by atoms with Crippen molar-refractivity contribution in [3.05, 3.63) is 63.4 Å². The van der Waals surface area contributed by atoms with Crippen molar-refractivity contribution in [1.29, 1.82) is 0 Å². The third-order valence-electron chi connectivity index (χ3n) is 4.22. The highest BCUT2D eigenvalue weighted by molar-refractivity contribution is 6.31. The molecule has 120 valence electrons. The summed E-state index contributed by atoms with van der Waals surface area (Å²) in [5.41, 5.74) is 2.16. The van der Waals surface area contributed by atoms with Crippen LogP contribution in [0.4, 0.5) is 10.1 Å². The van der Waals surface area contributed by atoms with Gasteiger partial charge in [0.1, 0.15) is 5.82 Å². The minimum atomic E-state index is -0.383. The van der Waals surface area contributed by atoms with Crippen LogP contribution in [0.25, 0.3) is 0 Å². The summed E-state index contributed by atoms with van der Waals surface area (Å²) in [5, 5.41) is 6.63. The van der Waals surface area contributed by atoms with Crippen molar-refractivity contribution in [1.82, 2.24) is 5.32 Å². The van der Waals surface area contributed by atoms with E-state index in [0.717, 1.165) is 5.56 Å². The van der Waals surface area contributed by atoms with E-state index in [0.29, 0.717) is 35.8 Å². The molecule has 0 aromatic heterocycles. The highest BCUT2D eigenvalue weighted by Crippen LogP contribution is 2.41. The third-order valence-corrected chi connectivity index (χ3v) is 4.75. The number of benzene rings is 2. The van der Waals surface area contributed by atoms with Gasteiger partial charge in [0.25, 0.3) is 0 Å². The van der Waals surface area contributed by atoms with Gasteiger partial charge in [-0.15, -0.1) is 0 Å². The van der Waals surface area contributed by atoms with E-state index in [1.54, 1.807) is 30.3 Å². The maximum absolute atomic E-state index is 14.4. The van der Waals surface area contributed by atoms with Gasteiger partial charge < -0.3 is 10.6 Å². The van der Waals surface area contributed by atoms with Crippen molar-refractivity contribution in [2.75, 3.05) is 18.4 Å². The molecule has 2 atom stereocenters. The highest BCUT2D eigenvalue weighted by atomic mass is 35.5. The number of carbonyl (C=O) groups excluding carboxylic acids is 1. The maximum atomic E-state index is 14.4. The van der Waals surface area contributed by atoms with Crippen LogP contribution < -0.4 is 10.6 Å². The summed E-state index contributed by atoms with van der Waals surface area (Å²) in [6, 6.07) is 10.4. The number of carbonyl (C=O) groups is 1. The van der Waals surface area contributed by atoms with E-state index in [4.69, 9.17) is 23.2 Å². The van der Waals surface area contributed by atoms with Gasteiger partial charge in [-0.25, -0.2) is 4.39 Å². The van der Waals surface area contributed by atoms with E-state index in [1.165, 1.54) is 0 Å². The van der Waals surface area contributed by atoms with Crippen LogP contribution in [0, 0.1) is 5.82 Å². The van der Waals surface area contributed by atoms with Gasteiger partial charge >= 0.3 is 0 Å². The molecule has 1 aliphatic rings. The van der Waals surface area contributed by atoms with E-state index in [2.05, 4.69) is 10.6 Å². The molecule has 2 aromatic rings. The molecule has 2 aromatic carbocycles. The quantitative estimate of drug-likeness (QED) is 0.810. The largest absolute Gasteiger partial charge is 0.328 e. The standard InChI is InChI=1S/C17H15Cl2FN2O/c18-10-4-5-11(16(6-10)22-9-23)13-7-21-8-14(13)12-2-1-3-15(19)17(12)20/h1-6,9,13-14,21H,7-8H2,(H,22,23)/t13-,14+/m0/s1. The molecule has 1 fully saturated rings.